The third kappa shape index (κ3) is 2.99. The van der Waals surface area contributed by atoms with Gasteiger partial charge in [0.15, 0.2) is 0 Å². The molecule has 0 aliphatic rings. The summed E-state index contributed by atoms with van der Waals surface area (Å²) in [6, 6.07) is 6.08. The van der Waals surface area contributed by atoms with Crippen molar-refractivity contribution in [1.82, 2.24) is 9.88 Å². The Morgan fingerprint density at radius 1 is 1.42 bits per heavy atom. The first-order chi connectivity index (χ1) is 9.13. The first kappa shape index (κ1) is 13.7. The smallest absolute Gasteiger partial charge is 0.125 e. The van der Waals surface area contributed by atoms with Gasteiger partial charge in [-0.25, -0.2) is 0 Å². The number of H-pyrrole nitrogens is 1. The van der Waals surface area contributed by atoms with Crippen LogP contribution < -0.4 is 0 Å². The minimum atomic E-state index is 0.355. The molecule has 19 heavy (non-hydrogen) atoms. The van der Waals surface area contributed by atoms with Crippen LogP contribution in [0.1, 0.15) is 19.4 Å². The molecular formula is C16H22N2O. The molecule has 0 fully saturated rings. The van der Waals surface area contributed by atoms with Crippen LogP contribution in [0.4, 0.5) is 0 Å². The average molecular weight is 258 g/mol. The molecule has 0 unspecified atom stereocenters. The normalized spacial score (nSPS) is 11.6. The number of benzene rings is 1. The van der Waals surface area contributed by atoms with E-state index in [1.165, 1.54) is 5.56 Å². The summed E-state index contributed by atoms with van der Waals surface area (Å²) >= 11 is 0. The lowest BCUT2D eigenvalue weighted by atomic mass is 10.1. The highest BCUT2D eigenvalue weighted by Crippen LogP contribution is 2.27. The van der Waals surface area contributed by atoms with Crippen LogP contribution in [-0.4, -0.2) is 34.1 Å². The second-order valence-corrected chi connectivity index (χ2v) is 5.14. The molecule has 1 aromatic heterocycles. The highest BCUT2D eigenvalue weighted by Gasteiger charge is 2.11. The lowest BCUT2D eigenvalue weighted by Crippen LogP contribution is -2.32. The molecule has 1 heterocycles. The Hall–Kier alpha value is -1.74. The average Bonchev–Trinajstić information content (AvgIpc) is 2.79. The molecule has 0 bridgehead atoms. The summed E-state index contributed by atoms with van der Waals surface area (Å²) in [4.78, 5) is 5.58. The molecule has 3 heteroatoms. The zero-order chi connectivity index (χ0) is 13.8. The minimum absolute atomic E-state index is 0.355. The quantitative estimate of drug-likeness (QED) is 0.780. The number of nitrogens with one attached hydrogen (secondary N) is 1. The van der Waals surface area contributed by atoms with Crippen molar-refractivity contribution in [2.75, 3.05) is 13.1 Å². The van der Waals surface area contributed by atoms with Gasteiger partial charge in [0.1, 0.15) is 5.75 Å². The lowest BCUT2D eigenvalue weighted by Gasteiger charge is -2.24. The summed E-state index contributed by atoms with van der Waals surface area (Å²) in [6.07, 6.45) is 4.85. The molecule has 3 nitrogen and oxygen atoms in total. The Morgan fingerprint density at radius 2 is 2.21 bits per heavy atom. The molecule has 0 saturated carbocycles. The highest BCUT2D eigenvalue weighted by molar-refractivity contribution is 5.88. The Morgan fingerprint density at radius 3 is 2.89 bits per heavy atom. The second kappa shape index (κ2) is 5.93. The topological polar surface area (TPSA) is 39.3 Å². The standard InChI is InChI=1S/C16H22N2O/c1-4-9-18(12(2)3)10-8-13-11-17-14-6-5-7-15(19)16(13)14/h4-7,11-12,17,19H,1,8-10H2,2-3H3. The minimum Gasteiger partial charge on any atom is -0.507 e. The number of fused-ring (bicyclic) bond motifs is 1. The molecule has 0 amide bonds. The third-order valence-corrected chi connectivity index (χ3v) is 3.53. The van der Waals surface area contributed by atoms with E-state index < -0.39 is 0 Å². The van der Waals surface area contributed by atoms with Gasteiger partial charge in [-0.1, -0.05) is 12.1 Å². The van der Waals surface area contributed by atoms with E-state index in [9.17, 15) is 5.11 Å². The number of rotatable bonds is 6. The Balaban J connectivity index is 2.15. The number of hydrogen-bond acceptors (Lipinski definition) is 2. The van der Waals surface area contributed by atoms with Gasteiger partial charge in [0.2, 0.25) is 0 Å². The van der Waals surface area contributed by atoms with Crippen LogP contribution in [0.5, 0.6) is 5.75 Å². The zero-order valence-electron chi connectivity index (χ0n) is 11.7. The third-order valence-electron chi connectivity index (χ3n) is 3.53. The van der Waals surface area contributed by atoms with Crippen molar-refractivity contribution in [2.24, 2.45) is 0 Å². The largest absolute Gasteiger partial charge is 0.507 e. The van der Waals surface area contributed by atoms with Gasteiger partial charge < -0.3 is 10.1 Å². The predicted octanol–water partition coefficient (Wildman–Crippen LogP) is 3.31. The Labute approximate surface area is 114 Å². The lowest BCUT2D eigenvalue weighted by molar-refractivity contribution is 0.249. The van der Waals surface area contributed by atoms with Crippen LogP contribution in [0.25, 0.3) is 10.9 Å². The molecule has 2 N–H and O–H groups in total. The molecule has 0 aliphatic heterocycles. The van der Waals surface area contributed by atoms with Crippen molar-refractivity contribution >= 4 is 10.9 Å². The van der Waals surface area contributed by atoms with Gasteiger partial charge in [-0.3, -0.25) is 4.90 Å². The number of aromatic amines is 1. The molecule has 1 aromatic carbocycles. The predicted molar refractivity (Wildman–Crippen MR) is 80.6 cm³/mol. The molecule has 102 valence electrons. The number of aromatic hydroxyl groups is 1. The van der Waals surface area contributed by atoms with E-state index >= 15 is 0 Å². The molecule has 2 rings (SSSR count). The monoisotopic (exact) mass is 258 g/mol. The maximum absolute atomic E-state index is 9.97. The fourth-order valence-electron chi connectivity index (χ4n) is 2.42. The maximum atomic E-state index is 9.97. The van der Waals surface area contributed by atoms with Crippen LogP contribution in [0.3, 0.4) is 0 Å². The summed E-state index contributed by atoms with van der Waals surface area (Å²) in [6.45, 7) is 10.0. The molecule has 0 aliphatic carbocycles. The van der Waals surface area contributed by atoms with Gasteiger partial charge in [0.25, 0.3) is 0 Å². The summed E-state index contributed by atoms with van der Waals surface area (Å²) in [5.74, 6) is 0.355. The van der Waals surface area contributed by atoms with E-state index in [4.69, 9.17) is 0 Å². The van der Waals surface area contributed by atoms with Gasteiger partial charge in [0, 0.05) is 36.2 Å². The van der Waals surface area contributed by atoms with Crippen LogP contribution in [0.15, 0.2) is 37.1 Å². The highest BCUT2D eigenvalue weighted by atomic mass is 16.3. The molecule has 0 spiro atoms. The van der Waals surface area contributed by atoms with Crippen molar-refractivity contribution in [3.63, 3.8) is 0 Å². The fourth-order valence-corrected chi connectivity index (χ4v) is 2.42. The number of phenolic OH excluding ortho intramolecular Hbond substituents is 1. The van der Waals surface area contributed by atoms with E-state index in [1.54, 1.807) is 6.07 Å². The molecule has 2 aromatic rings. The van der Waals surface area contributed by atoms with E-state index in [1.807, 2.05) is 24.4 Å². The molecule has 0 saturated heterocycles. The van der Waals surface area contributed by atoms with E-state index in [0.29, 0.717) is 11.8 Å². The first-order valence-electron chi connectivity index (χ1n) is 6.76. The summed E-state index contributed by atoms with van der Waals surface area (Å²) in [5, 5.41) is 10.9. The van der Waals surface area contributed by atoms with Gasteiger partial charge in [0.05, 0.1) is 0 Å². The van der Waals surface area contributed by atoms with Crippen LogP contribution in [-0.2, 0) is 6.42 Å². The summed E-state index contributed by atoms with van der Waals surface area (Å²) in [5.41, 5.74) is 2.16. The van der Waals surface area contributed by atoms with E-state index in [-0.39, 0.29) is 0 Å². The molecule has 0 atom stereocenters. The summed E-state index contributed by atoms with van der Waals surface area (Å²) in [7, 11) is 0. The zero-order valence-corrected chi connectivity index (χ0v) is 11.7. The number of phenols is 1. The van der Waals surface area contributed by atoms with Crippen molar-refractivity contribution in [3.8, 4) is 5.75 Å². The molecular weight excluding hydrogens is 236 g/mol. The Kier molecular flexibility index (Phi) is 4.27. The van der Waals surface area contributed by atoms with Crippen molar-refractivity contribution in [2.45, 2.75) is 26.3 Å². The van der Waals surface area contributed by atoms with Gasteiger partial charge in [-0.15, -0.1) is 6.58 Å². The number of aromatic nitrogens is 1. The van der Waals surface area contributed by atoms with Gasteiger partial charge in [-0.2, -0.15) is 0 Å². The van der Waals surface area contributed by atoms with Crippen LogP contribution >= 0.6 is 0 Å². The fraction of sp³-hybridized carbons (Fsp3) is 0.375. The second-order valence-electron chi connectivity index (χ2n) is 5.14. The van der Waals surface area contributed by atoms with Crippen LogP contribution in [0, 0.1) is 0 Å². The maximum Gasteiger partial charge on any atom is 0.125 e. The molecule has 0 radical (unpaired) electrons. The first-order valence-corrected chi connectivity index (χ1v) is 6.76. The van der Waals surface area contributed by atoms with Crippen molar-refractivity contribution in [3.05, 3.63) is 42.6 Å². The summed E-state index contributed by atoms with van der Waals surface area (Å²) < 4.78 is 0. The van der Waals surface area contributed by atoms with Crippen LogP contribution in [0.2, 0.25) is 0 Å². The van der Waals surface area contributed by atoms with E-state index in [0.717, 1.165) is 30.4 Å². The van der Waals surface area contributed by atoms with Crippen molar-refractivity contribution in [1.29, 1.82) is 0 Å². The Bertz CT molecular complexity index is 557. The number of nitrogens with zero attached hydrogens (tertiary/aromatic N) is 1. The van der Waals surface area contributed by atoms with Gasteiger partial charge in [-0.05, 0) is 38.0 Å². The SMILES string of the molecule is C=CCN(CCc1c[nH]c2cccc(O)c12)C(C)C. The van der Waals surface area contributed by atoms with E-state index in [2.05, 4.69) is 30.3 Å². The van der Waals surface area contributed by atoms with Crippen molar-refractivity contribution < 1.29 is 5.11 Å². The number of hydrogen-bond donors (Lipinski definition) is 2. The van der Waals surface area contributed by atoms with Gasteiger partial charge >= 0.3 is 0 Å².